The third-order valence-corrected chi connectivity index (χ3v) is 4.96. The number of ether oxygens (including phenoxy) is 2. The molecule has 1 atom stereocenters. The summed E-state index contributed by atoms with van der Waals surface area (Å²) in [6, 6.07) is 15.3. The summed E-state index contributed by atoms with van der Waals surface area (Å²) in [5.74, 6) is 1.53. The fraction of sp³-hybridized carbons (Fsp3) is 0.435. The van der Waals surface area contributed by atoms with Crippen LogP contribution in [0.3, 0.4) is 0 Å². The molecule has 1 unspecified atom stereocenters. The lowest BCUT2D eigenvalue weighted by Gasteiger charge is -2.19. The second-order valence-electron chi connectivity index (χ2n) is 7.66. The molecule has 2 aromatic carbocycles. The molecule has 2 aromatic rings. The van der Waals surface area contributed by atoms with Crippen molar-refractivity contribution in [3.63, 3.8) is 0 Å². The minimum absolute atomic E-state index is 0.108. The van der Waals surface area contributed by atoms with Gasteiger partial charge in [-0.1, -0.05) is 62.4 Å². The molecule has 4 nitrogen and oxygen atoms in total. The molecule has 1 aliphatic carbocycles. The molecule has 4 heteroatoms. The lowest BCUT2D eigenvalue weighted by atomic mass is 9.97. The standard InChI is InChI=1S/C23H29NO3/c1-16(2)20-10-6-9-19(13-18-11-12-18)22(20)26-15-27-23(25)21(24)14-17-7-4-3-5-8-17/h3-10,16,18,21H,11-15,24H2,1-2H3. The van der Waals surface area contributed by atoms with Crippen molar-refractivity contribution in [3.8, 4) is 5.75 Å². The first-order valence-corrected chi connectivity index (χ1v) is 9.75. The lowest BCUT2D eigenvalue weighted by Crippen LogP contribution is -2.35. The van der Waals surface area contributed by atoms with Crippen molar-refractivity contribution in [2.24, 2.45) is 11.7 Å². The van der Waals surface area contributed by atoms with Crippen LogP contribution in [0.25, 0.3) is 0 Å². The van der Waals surface area contributed by atoms with E-state index in [0.29, 0.717) is 12.3 Å². The van der Waals surface area contributed by atoms with E-state index in [1.807, 2.05) is 30.3 Å². The molecule has 0 spiro atoms. The first-order valence-electron chi connectivity index (χ1n) is 9.75. The van der Waals surface area contributed by atoms with Gasteiger partial charge >= 0.3 is 5.97 Å². The van der Waals surface area contributed by atoms with Crippen LogP contribution in [0.1, 0.15) is 49.3 Å². The summed E-state index contributed by atoms with van der Waals surface area (Å²) >= 11 is 0. The van der Waals surface area contributed by atoms with E-state index >= 15 is 0 Å². The van der Waals surface area contributed by atoms with Crippen molar-refractivity contribution in [3.05, 3.63) is 65.2 Å². The lowest BCUT2D eigenvalue weighted by molar-refractivity contribution is -0.151. The number of benzene rings is 2. The zero-order chi connectivity index (χ0) is 19.2. The molecule has 0 radical (unpaired) electrons. The molecule has 1 saturated carbocycles. The fourth-order valence-corrected chi connectivity index (χ4v) is 3.23. The number of para-hydroxylation sites is 1. The van der Waals surface area contributed by atoms with Gasteiger partial charge < -0.3 is 15.2 Å². The van der Waals surface area contributed by atoms with Crippen LogP contribution in [-0.2, 0) is 22.4 Å². The summed E-state index contributed by atoms with van der Waals surface area (Å²) in [7, 11) is 0. The number of carbonyl (C=O) groups is 1. The molecule has 1 fully saturated rings. The van der Waals surface area contributed by atoms with Crippen molar-refractivity contribution in [2.75, 3.05) is 6.79 Å². The van der Waals surface area contributed by atoms with Crippen LogP contribution in [0, 0.1) is 5.92 Å². The Bertz CT molecular complexity index is 753. The van der Waals surface area contributed by atoms with Crippen molar-refractivity contribution in [1.29, 1.82) is 0 Å². The van der Waals surface area contributed by atoms with Gasteiger partial charge in [-0.05, 0) is 54.2 Å². The number of carbonyl (C=O) groups excluding carboxylic acids is 1. The molecule has 1 aliphatic rings. The van der Waals surface area contributed by atoms with E-state index in [1.165, 1.54) is 18.4 Å². The highest BCUT2D eigenvalue weighted by atomic mass is 16.7. The Labute approximate surface area is 161 Å². The fourth-order valence-electron chi connectivity index (χ4n) is 3.23. The SMILES string of the molecule is CC(C)c1cccc(CC2CC2)c1OCOC(=O)C(N)Cc1ccccc1. The molecule has 0 heterocycles. The largest absolute Gasteiger partial charge is 0.457 e. The van der Waals surface area contributed by atoms with Crippen molar-refractivity contribution >= 4 is 5.97 Å². The van der Waals surface area contributed by atoms with Crippen LogP contribution in [0.2, 0.25) is 0 Å². The molecule has 0 aromatic heterocycles. The molecular weight excluding hydrogens is 338 g/mol. The number of hydrogen-bond acceptors (Lipinski definition) is 4. The van der Waals surface area contributed by atoms with Crippen LogP contribution in [-0.4, -0.2) is 18.8 Å². The summed E-state index contributed by atoms with van der Waals surface area (Å²) in [6.45, 7) is 4.18. The van der Waals surface area contributed by atoms with Gasteiger partial charge in [0.2, 0.25) is 6.79 Å². The van der Waals surface area contributed by atoms with Crippen LogP contribution >= 0.6 is 0 Å². The van der Waals surface area contributed by atoms with Gasteiger partial charge in [0, 0.05) is 0 Å². The number of esters is 1. The summed E-state index contributed by atoms with van der Waals surface area (Å²) in [4.78, 5) is 12.2. The topological polar surface area (TPSA) is 61.5 Å². The molecular formula is C23H29NO3. The Hall–Kier alpha value is -2.33. The van der Waals surface area contributed by atoms with Gasteiger partial charge in [-0.15, -0.1) is 0 Å². The maximum absolute atomic E-state index is 12.2. The predicted octanol–water partition coefficient (Wildman–Crippen LogP) is 4.21. The van der Waals surface area contributed by atoms with Gasteiger partial charge in [0.25, 0.3) is 0 Å². The van der Waals surface area contributed by atoms with Crippen LogP contribution in [0.5, 0.6) is 5.75 Å². The molecule has 0 amide bonds. The van der Waals surface area contributed by atoms with E-state index < -0.39 is 12.0 Å². The van der Waals surface area contributed by atoms with Crippen LogP contribution in [0.15, 0.2) is 48.5 Å². The van der Waals surface area contributed by atoms with Gasteiger partial charge in [0.05, 0.1) is 0 Å². The second kappa shape index (κ2) is 9.05. The van der Waals surface area contributed by atoms with E-state index in [2.05, 4.69) is 32.0 Å². The first-order chi connectivity index (χ1) is 13.0. The molecule has 27 heavy (non-hydrogen) atoms. The van der Waals surface area contributed by atoms with Crippen LogP contribution in [0.4, 0.5) is 0 Å². The van der Waals surface area contributed by atoms with Crippen LogP contribution < -0.4 is 10.5 Å². The van der Waals surface area contributed by atoms with Gasteiger partial charge in [-0.2, -0.15) is 0 Å². The Morgan fingerprint density at radius 1 is 1.11 bits per heavy atom. The molecule has 0 bridgehead atoms. The van der Waals surface area contributed by atoms with Gasteiger partial charge in [-0.25, -0.2) is 0 Å². The first kappa shape index (κ1) is 19.4. The van der Waals surface area contributed by atoms with Gasteiger partial charge in [0.15, 0.2) is 0 Å². The summed E-state index contributed by atoms with van der Waals surface area (Å²) in [5, 5.41) is 0. The average molecular weight is 367 g/mol. The molecule has 3 rings (SSSR count). The van der Waals surface area contributed by atoms with E-state index in [0.717, 1.165) is 29.2 Å². The van der Waals surface area contributed by atoms with Crippen molar-refractivity contribution in [2.45, 2.75) is 51.5 Å². The maximum atomic E-state index is 12.2. The minimum atomic E-state index is -0.692. The summed E-state index contributed by atoms with van der Waals surface area (Å²) in [6.07, 6.45) is 4.05. The van der Waals surface area contributed by atoms with E-state index in [9.17, 15) is 4.79 Å². The maximum Gasteiger partial charge on any atom is 0.326 e. The molecule has 0 saturated heterocycles. The normalized spacial score (nSPS) is 14.8. The number of hydrogen-bond donors (Lipinski definition) is 1. The van der Waals surface area contributed by atoms with Gasteiger partial charge in [0.1, 0.15) is 11.8 Å². The highest BCUT2D eigenvalue weighted by Gasteiger charge is 2.24. The highest BCUT2D eigenvalue weighted by Crippen LogP contribution is 2.38. The predicted molar refractivity (Wildman–Crippen MR) is 107 cm³/mol. The van der Waals surface area contributed by atoms with E-state index in [4.69, 9.17) is 15.2 Å². The van der Waals surface area contributed by atoms with Gasteiger partial charge in [-0.3, -0.25) is 4.79 Å². The smallest absolute Gasteiger partial charge is 0.326 e. The van der Waals surface area contributed by atoms with Crippen molar-refractivity contribution < 1.29 is 14.3 Å². The molecule has 0 aliphatic heterocycles. The quantitative estimate of drug-likeness (QED) is 0.533. The Kier molecular flexibility index (Phi) is 6.51. The minimum Gasteiger partial charge on any atom is -0.457 e. The van der Waals surface area contributed by atoms with E-state index in [-0.39, 0.29) is 6.79 Å². The number of rotatable bonds is 9. The Morgan fingerprint density at radius 2 is 1.85 bits per heavy atom. The second-order valence-corrected chi connectivity index (χ2v) is 7.66. The summed E-state index contributed by atoms with van der Waals surface area (Å²) in [5.41, 5.74) is 9.35. The Morgan fingerprint density at radius 3 is 2.52 bits per heavy atom. The molecule has 2 N–H and O–H groups in total. The molecule has 144 valence electrons. The third-order valence-electron chi connectivity index (χ3n) is 4.96. The zero-order valence-corrected chi connectivity index (χ0v) is 16.2. The monoisotopic (exact) mass is 367 g/mol. The summed E-state index contributed by atoms with van der Waals surface area (Å²) < 4.78 is 11.2. The Balaban J connectivity index is 1.58. The van der Waals surface area contributed by atoms with Crippen molar-refractivity contribution in [1.82, 2.24) is 0 Å². The highest BCUT2D eigenvalue weighted by molar-refractivity contribution is 5.75. The third kappa shape index (κ3) is 5.57. The number of nitrogens with two attached hydrogens (primary N) is 1. The average Bonchev–Trinajstić information content (AvgIpc) is 3.47. The van der Waals surface area contributed by atoms with E-state index in [1.54, 1.807) is 0 Å². The zero-order valence-electron chi connectivity index (χ0n) is 16.2.